The van der Waals surface area contributed by atoms with Gasteiger partial charge in [0, 0.05) is 11.8 Å². The molecular weight excluding hydrogens is 334 g/mol. The van der Waals surface area contributed by atoms with Gasteiger partial charge in [0.25, 0.3) is 5.91 Å². The van der Waals surface area contributed by atoms with Gasteiger partial charge in [-0.3, -0.25) is 4.79 Å². The van der Waals surface area contributed by atoms with Crippen LogP contribution in [0.4, 0.5) is 5.95 Å². The number of nitrogens with two attached hydrogens (primary N) is 2. The summed E-state index contributed by atoms with van der Waals surface area (Å²) in [7, 11) is 0. The van der Waals surface area contributed by atoms with E-state index in [1.807, 2.05) is 11.4 Å². The number of fused-ring (bicyclic) bond motifs is 1. The van der Waals surface area contributed by atoms with Crippen molar-refractivity contribution in [2.24, 2.45) is 5.73 Å². The summed E-state index contributed by atoms with van der Waals surface area (Å²) in [6.07, 6.45) is 1.80. The molecule has 1 amide bonds. The molecule has 0 bridgehead atoms. The minimum absolute atomic E-state index is 0.177. The van der Waals surface area contributed by atoms with Gasteiger partial charge in [0.2, 0.25) is 5.95 Å². The number of aromatic nitrogens is 5. The molecule has 0 aliphatic heterocycles. The quantitative estimate of drug-likeness (QED) is 0.583. The Balaban J connectivity index is 1.95. The molecule has 0 aliphatic rings. The molecule has 23 heavy (non-hydrogen) atoms. The smallest absolute Gasteiger partial charge is 0.258 e. The maximum atomic E-state index is 11.3. The zero-order chi connectivity index (χ0) is 16.0. The van der Waals surface area contributed by atoms with Crippen LogP contribution in [0.1, 0.15) is 9.67 Å². The molecule has 0 spiro atoms. The van der Waals surface area contributed by atoms with Crippen molar-refractivity contribution in [3.05, 3.63) is 34.1 Å². The van der Waals surface area contributed by atoms with Gasteiger partial charge in [0.1, 0.15) is 5.51 Å². The van der Waals surface area contributed by atoms with Crippen molar-refractivity contribution in [1.29, 1.82) is 0 Å². The fraction of sp³-hybridized carbons (Fsp3) is 0. The molecule has 0 unspecified atom stereocenters. The van der Waals surface area contributed by atoms with Crippen LogP contribution < -0.4 is 11.5 Å². The zero-order valence-electron chi connectivity index (χ0n) is 11.5. The van der Waals surface area contributed by atoms with Crippen molar-refractivity contribution in [2.75, 3.05) is 5.73 Å². The van der Waals surface area contributed by atoms with Gasteiger partial charge in [-0.05, 0) is 23.1 Å². The van der Waals surface area contributed by atoms with E-state index in [1.165, 1.54) is 22.7 Å². The van der Waals surface area contributed by atoms with E-state index in [-0.39, 0.29) is 5.95 Å². The first-order valence-corrected chi connectivity index (χ1v) is 8.19. The van der Waals surface area contributed by atoms with Gasteiger partial charge in [-0.25, -0.2) is 4.52 Å². The molecule has 4 aromatic heterocycles. The molecule has 0 aromatic carbocycles. The number of carbonyl (C=O) groups excluding carboxylic acids is 1. The van der Waals surface area contributed by atoms with Gasteiger partial charge in [0.15, 0.2) is 10.7 Å². The van der Waals surface area contributed by atoms with Crippen LogP contribution >= 0.6 is 22.7 Å². The minimum Gasteiger partial charge on any atom is -0.366 e. The number of hydrogen-bond acceptors (Lipinski definition) is 8. The largest absolute Gasteiger partial charge is 0.366 e. The summed E-state index contributed by atoms with van der Waals surface area (Å²) in [6, 6.07) is 3.68. The average molecular weight is 343 g/mol. The van der Waals surface area contributed by atoms with Crippen LogP contribution in [0.5, 0.6) is 0 Å². The van der Waals surface area contributed by atoms with E-state index in [1.54, 1.807) is 22.3 Å². The predicted molar refractivity (Wildman–Crippen MR) is 88.1 cm³/mol. The lowest BCUT2D eigenvalue weighted by atomic mass is 10.1. The molecule has 4 rings (SSSR count). The molecule has 0 saturated carbocycles. The Morgan fingerprint density at radius 3 is 2.78 bits per heavy atom. The van der Waals surface area contributed by atoms with Gasteiger partial charge in [-0.1, -0.05) is 11.3 Å². The number of nitrogens with zero attached hydrogens (tertiary/aromatic N) is 5. The summed E-state index contributed by atoms with van der Waals surface area (Å²) in [6.45, 7) is 0. The van der Waals surface area contributed by atoms with E-state index in [9.17, 15) is 4.79 Å². The standard InChI is InChI=1S/C13H9N7OS2/c14-10(21)9-2-7(4-22-9)6-1-8(12-18-16-5-23-12)11-17-13(15)19-20(11)3-6/h1-5H,(H2,14,21)(H2,15,19). The SMILES string of the molecule is NC(=O)c1cc(-c2cc(-c3nncs3)c3nc(N)nn3c2)cs1. The molecule has 0 saturated heterocycles. The first-order chi connectivity index (χ1) is 11.1. The molecule has 4 heterocycles. The number of hydrogen-bond donors (Lipinski definition) is 2. The second-order valence-electron chi connectivity index (χ2n) is 4.69. The lowest BCUT2D eigenvalue weighted by Crippen LogP contribution is -2.08. The number of nitrogen functional groups attached to an aromatic ring is 1. The molecule has 114 valence electrons. The Hall–Kier alpha value is -2.85. The molecule has 8 nitrogen and oxygen atoms in total. The van der Waals surface area contributed by atoms with Gasteiger partial charge >= 0.3 is 0 Å². The highest BCUT2D eigenvalue weighted by molar-refractivity contribution is 7.13. The monoisotopic (exact) mass is 343 g/mol. The fourth-order valence-corrected chi connectivity index (χ4v) is 3.56. The lowest BCUT2D eigenvalue weighted by Gasteiger charge is -2.03. The Morgan fingerprint density at radius 2 is 2.09 bits per heavy atom. The number of primary amides is 1. The maximum Gasteiger partial charge on any atom is 0.258 e. The van der Waals surface area contributed by atoms with Gasteiger partial charge < -0.3 is 11.5 Å². The second-order valence-corrected chi connectivity index (χ2v) is 6.43. The Kier molecular flexibility index (Phi) is 3.06. The Labute approximate surface area is 137 Å². The molecule has 4 aromatic rings. The number of pyridine rings is 1. The fourth-order valence-electron chi connectivity index (χ4n) is 2.23. The van der Waals surface area contributed by atoms with Crippen LogP contribution in [0.25, 0.3) is 27.3 Å². The minimum atomic E-state index is -0.448. The van der Waals surface area contributed by atoms with Crippen LogP contribution in [-0.4, -0.2) is 30.7 Å². The normalized spacial score (nSPS) is 11.1. The summed E-state index contributed by atoms with van der Waals surface area (Å²) in [5.74, 6) is -0.271. The molecule has 4 N–H and O–H groups in total. The Morgan fingerprint density at radius 1 is 1.22 bits per heavy atom. The van der Waals surface area contributed by atoms with Crippen LogP contribution in [0.15, 0.2) is 29.2 Å². The highest BCUT2D eigenvalue weighted by atomic mass is 32.1. The van der Waals surface area contributed by atoms with Crippen molar-refractivity contribution in [2.45, 2.75) is 0 Å². The molecule has 0 aliphatic carbocycles. The second kappa shape index (κ2) is 5.11. The van der Waals surface area contributed by atoms with Gasteiger partial charge in [0.05, 0.1) is 10.4 Å². The third-order valence-electron chi connectivity index (χ3n) is 3.22. The topological polar surface area (TPSA) is 125 Å². The van der Waals surface area contributed by atoms with E-state index in [4.69, 9.17) is 11.5 Å². The number of anilines is 1. The molecule has 0 fully saturated rings. The lowest BCUT2D eigenvalue weighted by molar-refractivity contribution is 0.100. The Bertz CT molecular complexity index is 1020. The van der Waals surface area contributed by atoms with Gasteiger partial charge in [-0.15, -0.1) is 26.6 Å². The zero-order valence-corrected chi connectivity index (χ0v) is 13.1. The van der Waals surface area contributed by atoms with Crippen LogP contribution in [0.3, 0.4) is 0 Å². The predicted octanol–water partition coefficient (Wildman–Crippen LogP) is 1.66. The highest BCUT2D eigenvalue weighted by Gasteiger charge is 2.15. The number of thiophene rings is 1. The molecule has 0 radical (unpaired) electrons. The average Bonchev–Trinajstić information content (AvgIpc) is 3.25. The van der Waals surface area contributed by atoms with Crippen LogP contribution in [-0.2, 0) is 0 Å². The first kappa shape index (κ1) is 13.8. The molecule has 10 heteroatoms. The number of amides is 1. The summed E-state index contributed by atoms with van der Waals surface area (Å²) < 4.78 is 1.60. The van der Waals surface area contributed by atoms with Crippen molar-refractivity contribution in [3.63, 3.8) is 0 Å². The van der Waals surface area contributed by atoms with Gasteiger partial charge in [-0.2, -0.15) is 4.98 Å². The summed E-state index contributed by atoms with van der Waals surface area (Å²) >= 11 is 2.69. The summed E-state index contributed by atoms with van der Waals surface area (Å²) in [5, 5.41) is 14.7. The summed E-state index contributed by atoms with van der Waals surface area (Å²) in [5.41, 5.74) is 15.8. The third kappa shape index (κ3) is 2.33. The van der Waals surface area contributed by atoms with Crippen molar-refractivity contribution in [1.82, 2.24) is 24.8 Å². The van der Waals surface area contributed by atoms with Crippen LogP contribution in [0.2, 0.25) is 0 Å². The van der Waals surface area contributed by atoms with Crippen molar-refractivity contribution in [3.8, 4) is 21.7 Å². The third-order valence-corrected chi connectivity index (χ3v) is 4.89. The van der Waals surface area contributed by atoms with E-state index in [0.29, 0.717) is 10.5 Å². The van der Waals surface area contributed by atoms with E-state index in [2.05, 4.69) is 20.3 Å². The summed E-state index contributed by atoms with van der Waals surface area (Å²) in [4.78, 5) is 16.0. The number of rotatable bonds is 3. The van der Waals surface area contributed by atoms with Crippen LogP contribution in [0, 0.1) is 0 Å². The highest BCUT2D eigenvalue weighted by Crippen LogP contribution is 2.32. The van der Waals surface area contributed by atoms with Crippen molar-refractivity contribution < 1.29 is 4.79 Å². The maximum absolute atomic E-state index is 11.3. The van der Waals surface area contributed by atoms with E-state index >= 15 is 0 Å². The first-order valence-electron chi connectivity index (χ1n) is 6.43. The molecular formula is C13H9N7OS2. The number of carbonyl (C=O) groups is 1. The van der Waals surface area contributed by atoms with E-state index in [0.717, 1.165) is 21.7 Å². The van der Waals surface area contributed by atoms with E-state index < -0.39 is 5.91 Å². The van der Waals surface area contributed by atoms with Crippen molar-refractivity contribution >= 4 is 40.2 Å². The molecule has 0 atom stereocenters.